The minimum absolute atomic E-state index is 0.189. The van der Waals surface area contributed by atoms with Crippen LogP contribution in [0.2, 0.25) is 0 Å². The molecule has 5 heteroatoms. The van der Waals surface area contributed by atoms with Crippen LogP contribution in [0.25, 0.3) is 0 Å². The number of rotatable bonds is 2. The second kappa shape index (κ2) is 3.67. The van der Waals surface area contributed by atoms with Crippen molar-refractivity contribution in [3.05, 3.63) is 24.4 Å². The van der Waals surface area contributed by atoms with Crippen LogP contribution in [-0.2, 0) is 9.84 Å². The maximum atomic E-state index is 11.9. The second-order valence-electron chi connectivity index (χ2n) is 3.33. The summed E-state index contributed by atoms with van der Waals surface area (Å²) in [6, 6.07) is 4.96. The van der Waals surface area contributed by atoms with Gasteiger partial charge in [0.2, 0.25) is 0 Å². The van der Waals surface area contributed by atoms with Gasteiger partial charge in [-0.2, -0.15) is 0 Å². The van der Waals surface area contributed by atoms with Crippen LogP contribution in [0.1, 0.15) is 6.42 Å². The first-order valence-electron chi connectivity index (χ1n) is 4.57. The highest BCUT2D eigenvalue weighted by atomic mass is 32.2. The minimum atomic E-state index is -3.21. The van der Waals surface area contributed by atoms with Gasteiger partial charge in [-0.1, -0.05) is 6.07 Å². The molecule has 2 heterocycles. The van der Waals surface area contributed by atoms with Crippen molar-refractivity contribution in [2.24, 2.45) is 0 Å². The summed E-state index contributed by atoms with van der Waals surface area (Å²) in [5.74, 6) is 0. The lowest BCUT2D eigenvalue weighted by Gasteiger charge is -2.08. The Labute approximate surface area is 83.3 Å². The van der Waals surface area contributed by atoms with E-state index in [4.69, 9.17) is 0 Å². The highest BCUT2D eigenvalue weighted by Gasteiger charge is 2.30. The molecule has 1 aliphatic heterocycles. The summed E-state index contributed by atoms with van der Waals surface area (Å²) in [6.45, 7) is 1.32. The highest BCUT2D eigenvalue weighted by Crippen LogP contribution is 2.17. The van der Waals surface area contributed by atoms with Gasteiger partial charge in [-0.25, -0.2) is 13.4 Å². The Kier molecular flexibility index (Phi) is 2.52. The van der Waals surface area contributed by atoms with Crippen LogP contribution in [0.15, 0.2) is 29.4 Å². The van der Waals surface area contributed by atoms with E-state index in [1.165, 1.54) is 6.20 Å². The summed E-state index contributed by atoms with van der Waals surface area (Å²) in [5, 5.41) is 2.92. The van der Waals surface area contributed by atoms with Gasteiger partial charge in [0.15, 0.2) is 14.9 Å². The quantitative estimate of drug-likeness (QED) is 0.761. The first kappa shape index (κ1) is 9.61. The van der Waals surface area contributed by atoms with Crippen molar-refractivity contribution in [1.82, 2.24) is 10.3 Å². The molecule has 0 radical (unpaired) electrons. The lowest BCUT2D eigenvalue weighted by molar-refractivity contribution is 0.579. The van der Waals surface area contributed by atoms with E-state index in [1.807, 2.05) is 0 Å². The van der Waals surface area contributed by atoms with Crippen molar-refractivity contribution < 1.29 is 8.42 Å². The molecule has 0 aliphatic carbocycles. The van der Waals surface area contributed by atoms with Gasteiger partial charge in [-0.15, -0.1) is 0 Å². The van der Waals surface area contributed by atoms with Crippen LogP contribution in [0, 0.1) is 0 Å². The molecular weight excluding hydrogens is 200 g/mol. The fourth-order valence-corrected chi connectivity index (χ4v) is 3.16. The van der Waals surface area contributed by atoms with Crippen molar-refractivity contribution in [3.8, 4) is 0 Å². The smallest absolute Gasteiger partial charge is 0.199 e. The van der Waals surface area contributed by atoms with Gasteiger partial charge < -0.3 is 5.32 Å². The Bertz CT molecular complexity index is 396. The summed E-state index contributed by atoms with van der Waals surface area (Å²) in [5.41, 5.74) is 0. The molecule has 1 aromatic rings. The Hall–Kier alpha value is -0.940. The summed E-state index contributed by atoms with van der Waals surface area (Å²) < 4.78 is 23.9. The van der Waals surface area contributed by atoms with E-state index in [2.05, 4.69) is 10.3 Å². The van der Waals surface area contributed by atoms with Crippen LogP contribution >= 0.6 is 0 Å². The average molecular weight is 212 g/mol. The van der Waals surface area contributed by atoms with Crippen molar-refractivity contribution in [3.63, 3.8) is 0 Å². The van der Waals surface area contributed by atoms with Crippen LogP contribution < -0.4 is 5.32 Å². The lowest BCUT2D eigenvalue weighted by atomic mass is 10.4. The highest BCUT2D eigenvalue weighted by molar-refractivity contribution is 7.92. The number of hydrogen-bond donors (Lipinski definition) is 1. The molecule has 14 heavy (non-hydrogen) atoms. The van der Waals surface area contributed by atoms with Gasteiger partial charge >= 0.3 is 0 Å². The molecule has 1 aliphatic rings. The summed E-state index contributed by atoms with van der Waals surface area (Å²) >= 11 is 0. The number of sulfone groups is 1. The number of nitrogens with one attached hydrogen (secondary N) is 1. The van der Waals surface area contributed by atoms with Crippen LogP contribution in [0.4, 0.5) is 0 Å². The van der Waals surface area contributed by atoms with E-state index in [-0.39, 0.29) is 10.3 Å². The van der Waals surface area contributed by atoms with Crippen molar-refractivity contribution in [1.29, 1.82) is 0 Å². The molecule has 4 nitrogen and oxygen atoms in total. The molecule has 1 atom stereocenters. The van der Waals surface area contributed by atoms with Crippen LogP contribution in [0.5, 0.6) is 0 Å². The van der Waals surface area contributed by atoms with E-state index in [1.54, 1.807) is 18.2 Å². The molecular formula is C9H12N2O2S. The summed E-state index contributed by atoms with van der Waals surface area (Å²) in [6.07, 6.45) is 2.19. The summed E-state index contributed by atoms with van der Waals surface area (Å²) in [7, 11) is -3.21. The molecule has 1 saturated heterocycles. The zero-order chi connectivity index (χ0) is 10.0. The third-order valence-electron chi connectivity index (χ3n) is 2.38. The lowest BCUT2D eigenvalue weighted by Crippen LogP contribution is -2.24. The van der Waals surface area contributed by atoms with Gasteiger partial charge in [0, 0.05) is 12.7 Å². The van der Waals surface area contributed by atoms with E-state index < -0.39 is 9.84 Å². The van der Waals surface area contributed by atoms with E-state index in [9.17, 15) is 8.42 Å². The largest absolute Gasteiger partial charge is 0.315 e. The fourth-order valence-electron chi connectivity index (χ4n) is 1.58. The molecule has 1 N–H and O–H groups in total. The molecule has 0 aromatic carbocycles. The van der Waals surface area contributed by atoms with Crippen molar-refractivity contribution in [2.75, 3.05) is 13.1 Å². The van der Waals surface area contributed by atoms with Crippen LogP contribution in [0.3, 0.4) is 0 Å². The van der Waals surface area contributed by atoms with Gasteiger partial charge in [0.05, 0.1) is 5.25 Å². The number of pyridine rings is 1. The van der Waals surface area contributed by atoms with E-state index in [0.717, 1.165) is 6.54 Å². The molecule has 0 bridgehead atoms. The Morgan fingerprint density at radius 3 is 2.86 bits per heavy atom. The number of hydrogen-bond acceptors (Lipinski definition) is 4. The predicted molar refractivity (Wildman–Crippen MR) is 52.7 cm³/mol. The van der Waals surface area contributed by atoms with Crippen molar-refractivity contribution >= 4 is 9.84 Å². The Morgan fingerprint density at radius 2 is 2.29 bits per heavy atom. The molecule has 0 saturated carbocycles. The number of aromatic nitrogens is 1. The molecule has 1 unspecified atom stereocenters. The van der Waals surface area contributed by atoms with Gasteiger partial charge in [0.25, 0.3) is 0 Å². The zero-order valence-electron chi connectivity index (χ0n) is 7.68. The molecule has 1 aromatic heterocycles. The first-order chi connectivity index (χ1) is 6.71. The normalized spacial score (nSPS) is 22.4. The van der Waals surface area contributed by atoms with E-state index >= 15 is 0 Å². The maximum Gasteiger partial charge on any atom is 0.199 e. The maximum absolute atomic E-state index is 11.9. The predicted octanol–water partition coefficient (Wildman–Crippen LogP) is 0.217. The second-order valence-corrected chi connectivity index (χ2v) is 5.50. The van der Waals surface area contributed by atoms with Crippen molar-refractivity contribution in [2.45, 2.75) is 16.7 Å². The molecule has 0 amide bonds. The summed E-state index contributed by atoms with van der Waals surface area (Å²) in [4.78, 5) is 3.88. The fraction of sp³-hybridized carbons (Fsp3) is 0.444. The number of nitrogens with zero attached hydrogens (tertiary/aromatic N) is 1. The topological polar surface area (TPSA) is 59.1 Å². The average Bonchev–Trinajstić information content (AvgIpc) is 2.72. The Morgan fingerprint density at radius 1 is 1.43 bits per heavy atom. The van der Waals surface area contributed by atoms with Gasteiger partial charge in [-0.05, 0) is 25.1 Å². The first-order valence-corrected chi connectivity index (χ1v) is 6.11. The van der Waals surface area contributed by atoms with Crippen LogP contribution in [-0.4, -0.2) is 31.7 Å². The minimum Gasteiger partial charge on any atom is -0.315 e. The standard InChI is InChI=1S/C9H12N2O2S/c12-14(13,8-4-6-10-7-8)9-3-1-2-5-11-9/h1-3,5,8,10H,4,6-7H2. The van der Waals surface area contributed by atoms with E-state index in [0.29, 0.717) is 13.0 Å². The van der Waals surface area contributed by atoms with Gasteiger partial charge in [-0.3, -0.25) is 0 Å². The molecule has 2 rings (SSSR count). The third kappa shape index (κ3) is 1.65. The Balaban J connectivity index is 2.33. The SMILES string of the molecule is O=S(=O)(c1ccccn1)C1CCNC1. The monoisotopic (exact) mass is 212 g/mol. The molecule has 1 fully saturated rings. The molecule has 0 spiro atoms. The third-order valence-corrected chi connectivity index (χ3v) is 4.49. The van der Waals surface area contributed by atoms with Gasteiger partial charge in [0.1, 0.15) is 0 Å². The molecule has 76 valence electrons. The zero-order valence-corrected chi connectivity index (χ0v) is 8.50.